The van der Waals surface area contributed by atoms with Crippen molar-refractivity contribution in [3.63, 3.8) is 0 Å². The molecular formula is C26H28N2O5. The number of para-hydroxylation sites is 2. The van der Waals surface area contributed by atoms with Gasteiger partial charge in [-0.3, -0.25) is 9.97 Å². The summed E-state index contributed by atoms with van der Waals surface area (Å²) in [6.07, 6.45) is 11.3. The predicted molar refractivity (Wildman–Crippen MR) is 125 cm³/mol. The third-order valence-electron chi connectivity index (χ3n) is 5.46. The summed E-state index contributed by atoms with van der Waals surface area (Å²) in [7, 11) is 0. The van der Waals surface area contributed by atoms with Crippen LogP contribution in [0.15, 0.2) is 73.1 Å². The Bertz CT molecular complexity index is 1040. The third-order valence-corrected chi connectivity index (χ3v) is 5.46. The molecule has 0 saturated carbocycles. The molecule has 4 rings (SSSR count). The van der Waals surface area contributed by atoms with Crippen LogP contribution in [0, 0.1) is 0 Å². The van der Waals surface area contributed by atoms with Crippen LogP contribution in [0.3, 0.4) is 0 Å². The van der Waals surface area contributed by atoms with Crippen LogP contribution in [-0.4, -0.2) is 16.6 Å². The molecule has 0 N–H and O–H groups in total. The summed E-state index contributed by atoms with van der Waals surface area (Å²) < 4.78 is 0. The smallest absolute Gasteiger partial charge is 0.194 e. The van der Waals surface area contributed by atoms with Gasteiger partial charge < -0.3 is 4.89 Å². The van der Waals surface area contributed by atoms with Gasteiger partial charge in [-0.1, -0.05) is 68.1 Å². The quantitative estimate of drug-likeness (QED) is 0.124. The van der Waals surface area contributed by atoms with E-state index in [2.05, 4.69) is 49.3 Å². The van der Waals surface area contributed by atoms with Gasteiger partial charge in [0.05, 0.1) is 12.1 Å². The molecule has 0 unspecified atom stereocenters. The Balaban J connectivity index is 0.994. The SMILES string of the molecule is c1cnc2c(CCCCCCCCOOOOOc3cccc4cccnc34)cccc2c1. The monoisotopic (exact) mass is 448 g/mol. The zero-order valence-corrected chi connectivity index (χ0v) is 18.5. The molecule has 2 aromatic carbocycles. The zero-order valence-electron chi connectivity index (χ0n) is 18.5. The summed E-state index contributed by atoms with van der Waals surface area (Å²) in [6.45, 7) is 0.418. The lowest BCUT2D eigenvalue weighted by atomic mass is 10.0. The van der Waals surface area contributed by atoms with E-state index in [9.17, 15) is 0 Å². The molecule has 0 aliphatic rings. The number of aromatic nitrogens is 2. The average Bonchev–Trinajstić information content (AvgIpc) is 2.87. The van der Waals surface area contributed by atoms with E-state index in [0.29, 0.717) is 17.9 Å². The molecule has 7 nitrogen and oxygen atoms in total. The van der Waals surface area contributed by atoms with Gasteiger partial charge in [0.15, 0.2) is 5.75 Å². The maximum Gasteiger partial charge on any atom is 0.194 e. The summed E-state index contributed by atoms with van der Waals surface area (Å²) in [6, 6.07) is 19.8. The summed E-state index contributed by atoms with van der Waals surface area (Å²) in [5, 5.41) is 15.7. The van der Waals surface area contributed by atoms with Crippen molar-refractivity contribution < 1.29 is 24.9 Å². The van der Waals surface area contributed by atoms with Gasteiger partial charge >= 0.3 is 0 Å². The number of benzene rings is 2. The Morgan fingerprint density at radius 2 is 1.24 bits per heavy atom. The van der Waals surface area contributed by atoms with Gasteiger partial charge in [0.25, 0.3) is 0 Å². The molecule has 2 heterocycles. The highest BCUT2D eigenvalue weighted by molar-refractivity contribution is 5.84. The van der Waals surface area contributed by atoms with Crippen molar-refractivity contribution in [1.82, 2.24) is 9.97 Å². The zero-order chi connectivity index (χ0) is 22.6. The Morgan fingerprint density at radius 1 is 0.576 bits per heavy atom. The van der Waals surface area contributed by atoms with Crippen LogP contribution in [0.4, 0.5) is 0 Å². The molecule has 7 heteroatoms. The molecule has 0 amide bonds. The van der Waals surface area contributed by atoms with Gasteiger partial charge in [0.1, 0.15) is 5.52 Å². The molecule has 0 fully saturated rings. The fourth-order valence-electron chi connectivity index (χ4n) is 3.81. The lowest BCUT2D eigenvalue weighted by Crippen LogP contribution is -2.03. The molecular weight excluding hydrogens is 420 g/mol. The van der Waals surface area contributed by atoms with Gasteiger partial charge in [-0.2, -0.15) is 0 Å². The second kappa shape index (κ2) is 12.8. The van der Waals surface area contributed by atoms with Crippen molar-refractivity contribution >= 4 is 21.8 Å². The van der Waals surface area contributed by atoms with E-state index >= 15 is 0 Å². The summed E-state index contributed by atoms with van der Waals surface area (Å²) in [4.78, 5) is 18.8. The standard InChI is InChI=1S/C26H28N2O5/c1(3-5-11-21-12-7-13-22-15-9-18-27-25(21)22)2-4-6-20-29-31-33-32-30-24-17-8-14-23-16-10-19-28-26(23)24/h7-10,12-19H,1-6,11,20H2. The van der Waals surface area contributed by atoms with Crippen molar-refractivity contribution in [2.45, 2.75) is 44.9 Å². The molecule has 0 saturated heterocycles. The fourth-order valence-corrected chi connectivity index (χ4v) is 3.81. The van der Waals surface area contributed by atoms with Gasteiger partial charge in [-0.25, -0.2) is 4.89 Å². The second-order valence-corrected chi connectivity index (χ2v) is 7.80. The summed E-state index contributed by atoms with van der Waals surface area (Å²) in [5.41, 5.74) is 3.13. The topological polar surface area (TPSA) is 71.9 Å². The number of hydrogen-bond acceptors (Lipinski definition) is 7. The van der Waals surface area contributed by atoms with Crippen molar-refractivity contribution in [3.8, 4) is 5.75 Å². The molecule has 0 radical (unpaired) electrons. The lowest BCUT2D eigenvalue weighted by Gasteiger charge is -2.06. The molecule has 4 aromatic rings. The van der Waals surface area contributed by atoms with Crippen LogP contribution in [0.1, 0.15) is 44.1 Å². The molecule has 172 valence electrons. The van der Waals surface area contributed by atoms with Gasteiger partial charge in [0.2, 0.25) is 0 Å². The first kappa shape index (κ1) is 23.1. The van der Waals surface area contributed by atoms with Crippen LogP contribution in [0.5, 0.6) is 5.75 Å². The first-order valence-corrected chi connectivity index (χ1v) is 11.4. The number of fused-ring (bicyclic) bond motifs is 2. The molecule has 0 bridgehead atoms. The van der Waals surface area contributed by atoms with Gasteiger partial charge in [-0.15, -0.1) is 0 Å². The first-order chi connectivity index (χ1) is 16.4. The first-order valence-electron chi connectivity index (χ1n) is 11.4. The van der Waals surface area contributed by atoms with E-state index in [1.54, 1.807) is 12.3 Å². The minimum Gasteiger partial charge on any atom is -0.304 e. The Kier molecular flexibility index (Phi) is 8.96. The maximum absolute atomic E-state index is 5.06. The molecule has 0 spiro atoms. The van der Waals surface area contributed by atoms with Crippen molar-refractivity contribution in [2.24, 2.45) is 0 Å². The van der Waals surface area contributed by atoms with Gasteiger partial charge in [0, 0.05) is 33.2 Å². The molecule has 2 aromatic heterocycles. The van der Waals surface area contributed by atoms with Crippen molar-refractivity contribution in [1.29, 1.82) is 0 Å². The minimum atomic E-state index is 0.418. The molecule has 33 heavy (non-hydrogen) atoms. The van der Waals surface area contributed by atoms with Crippen molar-refractivity contribution in [3.05, 3.63) is 78.6 Å². The van der Waals surface area contributed by atoms with E-state index < -0.39 is 0 Å². The van der Waals surface area contributed by atoms with Crippen molar-refractivity contribution in [2.75, 3.05) is 6.61 Å². The summed E-state index contributed by atoms with van der Waals surface area (Å²) >= 11 is 0. The number of nitrogens with zero attached hydrogens (tertiary/aromatic N) is 2. The maximum atomic E-state index is 5.06. The molecule has 0 aliphatic heterocycles. The van der Waals surface area contributed by atoms with Gasteiger partial charge in [-0.05, 0) is 48.1 Å². The number of unbranched alkanes of at least 4 members (excludes halogenated alkanes) is 5. The molecule has 0 atom stereocenters. The minimum absolute atomic E-state index is 0.418. The lowest BCUT2D eigenvalue weighted by molar-refractivity contribution is -0.691. The molecule has 0 aliphatic carbocycles. The number of hydrogen-bond donors (Lipinski definition) is 0. The second-order valence-electron chi connectivity index (χ2n) is 7.80. The number of rotatable bonds is 14. The van der Waals surface area contributed by atoms with E-state index in [1.807, 2.05) is 36.5 Å². The van der Waals surface area contributed by atoms with Crippen LogP contribution >= 0.6 is 0 Å². The highest BCUT2D eigenvalue weighted by atomic mass is 17.8. The van der Waals surface area contributed by atoms with E-state index in [0.717, 1.165) is 36.6 Å². The van der Waals surface area contributed by atoms with E-state index in [4.69, 9.17) is 9.78 Å². The van der Waals surface area contributed by atoms with Crippen LogP contribution in [0.25, 0.3) is 21.8 Å². The number of pyridine rings is 2. The van der Waals surface area contributed by atoms with Crippen LogP contribution in [0.2, 0.25) is 0 Å². The number of aryl methyl sites for hydroxylation is 1. The average molecular weight is 449 g/mol. The van der Waals surface area contributed by atoms with E-state index in [-0.39, 0.29) is 0 Å². The normalized spacial score (nSPS) is 11.3. The highest BCUT2D eigenvalue weighted by Crippen LogP contribution is 2.23. The largest absolute Gasteiger partial charge is 0.304 e. The Hall–Kier alpha value is -3.10. The predicted octanol–water partition coefficient (Wildman–Crippen LogP) is 6.47. The summed E-state index contributed by atoms with van der Waals surface area (Å²) in [5.74, 6) is 0.424. The Labute approximate surface area is 192 Å². The van der Waals surface area contributed by atoms with E-state index in [1.165, 1.54) is 30.2 Å². The highest BCUT2D eigenvalue weighted by Gasteiger charge is 2.05. The van der Waals surface area contributed by atoms with Crippen LogP contribution < -0.4 is 4.89 Å². The van der Waals surface area contributed by atoms with Crippen LogP contribution in [-0.2, 0) is 26.4 Å². The fraction of sp³-hybridized carbons (Fsp3) is 0.308. The Morgan fingerprint density at radius 3 is 2.09 bits per heavy atom. The third kappa shape index (κ3) is 6.94.